The second-order valence-corrected chi connectivity index (χ2v) is 4.84. The maximum absolute atomic E-state index is 12.2. The Labute approximate surface area is 130 Å². The van der Waals surface area contributed by atoms with E-state index in [1.165, 1.54) is 4.90 Å². The number of nitrogens with zero attached hydrogens (tertiary/aromatic N) is 2. The summed E-state index contributed by atoms with van der Waals surface area (Å²) < 4.78 is 0. The highest BCUT2D eigenvalue weighted by Gasteiger charge is 2.20. The summed E-state index contributed by atoms with van der Waals surface area (Å²) in [6.07, 6.45) is 3.30. The van der Waals surface area contributed by atoms with Crippen molar-refractivity contribution in [2.24, 2.45) is 0 Å². The second kappa shape index (κ2) is 7.93. The molecule has 0 bridgehead atoms. The van der Waals surface area contributed by atoms with Crippen molar-refractivity contribution in [3.8, 4) is 0 Å². The van der Waals surface area contributed by atoms with Crippen LogP contribution in [-0.2, 0) is 22.7 Å². The molecule has 0 aliphatic carbocycles. The lowest BCUT2D eigenvalue weighted by atomic mass is 10.2. The summed E-state index contributed by atoms with van der Waals surface area (Å²) in [5, 5.41) is 2.64. The van der Waals surface area contributed by atoms with E-state index in [9.17, 15) is 9.59 Å². The zero-order chi connectivity index (χ0) is 15.8. The Bertz CT molecular complexity index is 614. The molecule has 0 saturated carbocycles. The van der Waals surface area contributed by atoms with Gasteiger partial charge in [-0.2, -0.15) is 0 Å². The van der Waals surface area contributed by atoms with Crippen LogP contribution in [0.15, 0.2) is 54.9 Å². The molecule has 114 valence electrons. The number of likely N-dealkylation sites (N-methyl/N-ethyl adjacent to an activating group) is 1. The van der Waals surface area contributed by atoms with Gasteiger partial charge in [0, 0.05) is 32.0 Å². The van der Waals surface area contributed by atoms with Crippen molar-refractivity contribution in [2.75, 3.05) is 6.54 Å². The lowest BCUT2D eigenvalue weighted by molar-refractivity contribution is -0.146. The van der Waals surface area contributed by atoms with Crippen LogP contribution >= 0.6 is 0 Å². The largest absolute Gasteiger partial charge is 0.344 e. The van der Waals surface area contributed by atoms with E-state index in [4.69, 9.17) is 0 Å². The minimum absolute atomic E-state index is 0.315. The number of hydrogen-bond acceptors (Lipinski definition) is 3. The summed E-state index contributed by atoms with van der Waals surface area (Å²) in [6, 6.07) is 13.2. The lowest BCUT2D eigenvalue weighted by Crippen LogP contribution is -2.42. The zero-order valence-electron chi connectivity index (χ0n) is 12.5. The van der Waals surface area contributed by atoms with Crippen LogP contribution in [0.4, 0.5) is 0 Å². The van der Waals surface area contributed by atoms with Crippen LogP contribution in [0.5, 0.6) is 0 Å². The Morgan fingerprint density at radius 1 is 1.05 bits per heavy atom. The zero-order valence-corrected chi connectivity index (χ0v) is 12.5. The number of hydrogen-bond donors (Lipinski definition) is 1. The van der Waals surface area contributed by atoms with Crippen molar-refractivity contribution in [3.63, 3.8) is 0 Å². The number of pyridine rings is 1. The Balaban J connectivity index is 1.91. The number of carbonyl (C=O) groups excluding carboxylic acids is 2. The maximum atomic E-state index is 12.2. The molecule has 0 fully saturated rings. The summed E-state index contributed by atoms with van der Waals surface area (Å²) >= 11 is 0. The van der Waals surface area contributed by atoms with E-state index in [2.05, 4.69) is 10.3 Å². The van der Waals surface area contributed by atoms with Gasteiger partial charge >= 0.3 is 11.8 Å². The topological polar surface area (TPSA) is 62.3 Å². The van der Waals surface area contributed by atoms with Gasteiger partial charge in [0.15, 0.2) is 0 Å². The fraction of sp³-hybridized carbons (Fsp3) is 0.235. The minimum atomic E-state index is -0.588. The Kier molecular flexibility index (Phi) is 5.65. The average Bonchev–Trinajstić information content (AvgIpc) is 2.58. The number of amides is 2. The first-order valence-corrected chi connectivity index (χ1v) is 7.20. The van der Waals surface area contributed by atoms with E-state index in [-0.39, 0.29) is 0 Å². The smallest absolute Gasteiger partial charge is 0.312 e. The predicted molar refractivity (Wildman–Crippen MR) is 83.6 cm³/mol. The van der Waals surface area contributed by atoms with Gasteiger partial charge in [-0.25, -0.2) is 0 Å². The van der Waals surface area contributed by atoms with Crippen LogP contribution in [0.1, 0.15) is 18.1 Å². The van der Waals surface area contributed by atoms with Gasteiger partial charge in [-0.15, -0.1) is 0 Å². The Hall–Kier alpha value is -2.69. The quantitative estimate of drug-likeness (QED) is 0.855. The molecule has 1 N–H and O–H groups in total. The summed E-state index contributed by atoms with van der Waals surface area (Å²) in [7, 11) is 0. The number of aromatic nitrogens is 1. The number of carbonyl (C=O) groups is 2. The second-order valence-electron chi connectivity index (χ2n) is 4.84. The van der Waals surface area contributed by atoms with Crippen LogP contribution in [-0.4, -0.2) is 28.2 Å². The third-order valence-electron chi connectivity index (χ3n) is 3.28. The molecule has 0 aliphatic rings. The average molecular weight is 297 g/mol. The van der Waals surface area contributed by atoms with Crippen molar-refractivity contribution in [2.45, 2.75) is 20.0 Å². The molecule has 0 spiro atoms. The highest BCUT2D eigenvalue weighted by atomic mass is 16.2. The molecule has 5 nitrogen and oxygen atoms in total. The SMILES string of the molecule is CCN(Cc1ccccc1)C(=O)C(=O)NCc1ccncc1. The van der Waals surface area contributed by atoms with Crippen molar-refractivity contribution < 1.29 is 9.59 Å². The van der Waals surface area contributed by atoms with E-state index in [1.807, 2.05) is 37.3 Å². The maximum Gasteiger partial charge on any atom is 0.312 e. The lowest BCUT2D eigenvalue weighted by Gasteiger charge is -2.20. The van der Waals surface area contributed by atoms with Crippen LogP contribution in [0.3, 0.4) is 0 Å². The summed E-state index contributed by atoms with van der Waals surface area (Å²) in [4.78, 5) is 29.6. The summed E-state index contributed by atoms with van der Waals surface area (Å²) in [6.45, 7) is 3.09. The van der Waals surface area contributed by atoms with Gasteiger partial charge in [-0.1, -0.05) is 30.3 Å². The Morgan fingerprint density at radius 2 is 1.73 bits per heavy atom. The third kappa shape index (κ3) is 4.41. The van der Waals surface area contributed by atoms with Gasteiger partial charge < -0.3 is 10.2 Å². The van der Waals surface area contributed by atoms with Crippen LogP contribution in [0, 0.1) is 0 Å². The highest BCUT2D eigenvalue weighted by molar-refractivity contribution is 6.34. The normalized spacial score (nSPS) is 10.0. The first-order chi connectivity index (χ1) is 10.7. The van der Waals surface area contributed by atoms with Crippen molar-refractivity contribution in [1.29, 1.82) is 0 Å². The van der Waals surface area contributed by atoms with E-state index in [0.717, 1.165) is 11.1 Å². The predicted octanol–water partition coefficient (Wildman–Crippen LogP) is 1.75. The van der Waals surface area contributed by atoms with Gasteiger partial charge in [-0.3, -0.25) is 14.6 Å². The molecule has 0 atom stereocenters. The van der Waals surface area contributed by atoms with Crippen LogP contribution in [0.25, 0.3) is 0 Å². The summed E-state index contributed by atoms with van der Waals surface area (Å²) in [5.74, 6) is -1.10. The fourth-order valence-electron chi connectivity index (χ4n) is 2.03. The number of rotatable bonds is 5. The van der Waals surface area contributed by atoms with Gasteiger partial charge in [0.05, 0.1) is 0 Å². The summed E-state index contributed by atoms with van der Waals surface area (Å²) in [5.41, 5.74) is 1.90. The first kappa shape index (κ1) is 15.7. The van der Waals surface area contributed by atoms with Crippen molar-refractivity contribution in [1.82, 2.24) is 15.2 Å². The molecule has 22 heavy (non-hydrogen) atoms. The molecule has 2 aromatic rings. The van der Waals surface area contributed by atoms with E-state index in [1.54, 1.807) is 24.5 Å². The molecule has 1 aromatic heterocycles. The number of benzene rings is 1. The van der Waals surface area contributed by atoms with Gasteiger partial charge in [0.1, 0.15) is 0 Å². The molecule has 0 unspecified atom stereocenters. The number of nitrogens with one attached hydrogen (secondary N) is 1. The fourth-order valence-corrected chi connectivity index (χ4v) is 2.03. The molecule has 2 amide bonds. The molecule has 1 heterocycles. The van der Waals surface area contributed by atoms with Crippen molar-refractivity contribution in [3.05, 3.63) is 66.0 Å². The third-order valence-corrected chi connectivity index (χ3v) is 3.28. The minimum Gasteiger partial charge on any atom is -0.344 e. The van der Waals surface area contributed by atoms with Crippen molar-refractivity contribution >= 4 is 11.8 Å². The molecular formula is C17H19N3O2. The molecule has 0 radical (unpaired) electrons. The first-order valence-electron chi connectivity index (χ1n) is 7.20. The molecule has 0 aliphatic heterocycles. The monoisotopic (exact) mass is 297 g/mol. The van der Waals surface area contributed by atoms with Gasteiger partial charge in [0.25, 0.3) is 0 Å². The molecule has 5 heteroatoms. The van der Waals surface area contributed by atoms with E-state index < -0.39 is 11.8 Å². The van der Waals surface area contributed by atoms with Crippen LogP contribution < -0.4 is 5.32 Å². The van der Waals surface area contributed by atoms with E-state index in [0.29, 0.717) is 19.6 Å². The Morgan fingerprint density at radius 3 is 2.36 bits per heavy atom. The van der Waals surface area contributed by atoms with Crippen LogP contribution in [0.2, 0.25) is 0 Å². The van der Waals surface area contributed by atoms with E-state index >= 15 is 0 Å². The molecule has 0 saturated heterocycles. The van der Waals surface area contributed by atoms with Gasteiger partial charge in [-0.05, 0) is 30.2 Å². The highest BCUT2D eigenvalue weighted by Crippen LogP contribution is 2.05. The molecule has 1 aromatic carbocycles. The van der Waals surface area contributed by atoms with Gasteiger partial charge in [0.2, 0.25) is 0 Å². The standard InChI is InChI=1S/C17H19N3O2/c1-2-20(13-15-6-4-3-5-7-15)17(22)16(21)19-12-14-8-10-18-11-9-14/h3-11H,2,12-13H2,1H3,(H,19,21). The molecular weight excluding hydrogens is 278 g/mol. The molecule has 2 rings (SSSR count).